The Morgan fingerprint density at radius 2 is 1.82 bits per heavy atom. The highest BCUT2D eigenvalue weighted by atomic mass is 19.1. The maximum atomic E-state index is 13.0. The van der Waals surface area contributed by atoms with Crippen LogP contribution in [0.4, 0.5) is 4.39 Å². The van der Waals surface area contributed by atoms with Crippen LogP contribution in [-0.2, 0) is 22.6 Å². The van der Waals surface area contributed by atoms with Gasteiger partial charge in [0, 0.05) is 23.1 Å². The second-order valence-corrected chi connectivity index (χ2v) is 6.17. The zero-order valence-corrected chi connectivity index (χ0v) is 14.8. The van der Waals surface area contributed by atoms with Gasteiger partial charge in [-0.25, -0.2) is 4.39 Å². The minimum absolute atomic E-state index is 0.113. The molecule has 6 nitrogen and oxygen atoms in total. The zero-order chi connectivity index (χ0) is 19.3. The maximum absolute atomic E-state index is 13.0. The van der Waals surface area contributed by atoms with Crippen molar-refractivity contribution in [3.63, 3.8) is 0 Å². The lowest BCUT2D eigenvalue weighted by atomic mass is 10.1. The number of benzene rings is 2. The average Bonchev–Trinajstić information content (AvgIpc) is 3.20. The molecule has 0 atom stereocenters. The highest BCUT2D eigenvalue weighted by Gasteiger charge is 2.12. The van der Waals surface area contributed by atoms with Crippen molar-refractivity contribution in [2.45, 2.75) is 19.4 Å². The summed E-state index contributed by atoms with van der Waals surface area (Å²) < 4.78 is 23.2. The number of rotatable bonds is 6. The van der Waals surface area contributed by atoms with Gasteiger partial charge in [0.15, 0.2) is 6.61 Å². The number of carbonyl (C=O) groups excluding carboxylic acids is 1. The van der Waals surface area contributed by atoms with Gasteiger partial charge in [0.1, 0.15) is 5.82 Å². The van der Waals surface area contributed by atoms with Crippen LogP contribution < -0.4 is 0 Å². The second kappa shape index (κ2) is 7.96. The third kappa shape index (κ3) is 4.20. The van der Waals surface area contributed by atoms with E-state index in [1.807, 2.05) is 36.4 Å². The Morgan fingerprint density at radius 1 is 1.00 bits per heavy atom. The van der Waals surface area contributed by atoms with Gasteiger partial charge in [0.05, 0.1) is 11.9 Å². The Hall–Kier alpha value is -3.61. The van der Waals surface area contributed by atoms with Crippen molar-refractivity contribution < 1.29 is 18.4 Å². The fraction of sp³-hybridized carbons (Fsp3) is 0.143. The van der Waals surface area contributed by atoms with E-state index in [1.54, 1.807) is 12.1 Å². The number of ether oxygens (including phenoxy) is 1. The monoisotopic (exact) mass is 377 g/mol. The molecule has 0 aliphatic rings. The first-order valence-corrected chi connectivity index (χ1v) is 8.76. The summed E-state index contributed by atoms with van der Waals surface area (Å²) in [5.41, 5.74) is 2.34. The van der Waals surface area contributed by atoms with Gasteiger partial charge in [-0.3, -0.25) is 9.78 Å². The molecule has 0 N–H and O–H groups in total. The number of aryl methyl sites for hydroxylation is 1. The molecule has 0 saturated heterocycles. The fourth-order valence-corrected chi connectivity index (χ4v) is 2.72. The third-order valence-electron chi connectivity index (χ3n) is 4.17. The molecule has 0 aliphatic heterocycles. The molecular formula is C21H16FN3O3. The molecule has 2 heterocycles. The number of hydrogen-bond donors (Lipinski definition) is 0. The molecule has 0 amide bonds. The summed E-state index contributed by atoms with van der Waals surface area (Å²) in [6.45, 7) is -0.113. The van der Waals surface area contributed by atoms with E-state index in [4.69, 9.17) is 9.26 Å². The van der Waals surface area contributed by atoms with Crippen LogP contribution in [0.5, 0.6) is 0 Å². The highest BCUT2D eigenvalue weighted by Crippen LogP contribution is 2.17. The van der Waals surface area contributed by atoms with Gasteiger partial charge >= 0.3 is 5.97 Å². The molecule has 4 aromatic rings. The van der Waals surface area contributed by atoms with E-state index >= 15 is 0 Å². The van der Waals surface area contributed by atoms with Gasteiger partial charge in [-0.05, 0) is 36.4 Å². The Morgan fingerprint density at radius 3 is 2.68 bits per heavy atom. The van der Waals surface area contributed by atoms with Gasteiger partial charge in [0.2, 0.25) is 5.82 Å². The fourth-order valence-electron chi connectivity index (χ4n) is 2.72. The minimum atomic E-state index is -0.378. The van der Waals surface area contributed by atoms with Crippen LogP contribution >= 0.6 is 0 Å². The molecule has 4 rings (SSSR count). The summed E-state index contributed by atoms with van der Waals surface area (Å²) in [6.07, 6.45) is 0.679. The van der Waals surface area contributed by atoms with Crippen LogP contribution in [0.2, 0.25) is 0 Å². The molecule has 7 heteroatoms. The average molecular weight is 377 g/mol. The number of nitrogens with zero attached hydrogens (tertiary/aromatic N) is 3. The first-order chi connectivity index (χ1) is 13.7. The molecule has 28 heavy (non-hydrogen) atoms. The lowest BCUT2D eigenvalue weighted by Gasteiger charge is -2.03. The van der Waals surface area contributed by atoms with Crippen molar-refractivity contribution in [3.8, 4) is 11.4 Å². The summed E-state index contributed by atoms with van der Waals surface area (Å²) >= 11 is 0. The largest absolute Gasteiger partial charge is 0.456 e. The molecule has 0 unspecified atom stereocenters. The van der Waals surface area contributed by atoms with Crippen LogP contribution in [0.1, 0.15) is 18.0 Å². The lowest BCUT2D eigenvalue weighted by Crippen LogP contribution is -2.06. The second-order valence-electron chi connectivity index (χ2n) is 6.17. The van der Waals surface area contributed by atoms with Gasteiger partial charge in [-0.15, -0.1) is 0 Å². The van der Waals surface area contributed by atoms with Gasteiger partial charge in [-0.2, -0.15) is 4.98 Å². The van der Waals surface area contributed by atoms with Crippen molar-refractivity contribution >= 4 is 16.9 Å². The highest BCUT2D eigenvalue weighted by molar-refractivity contribution is 5.78. The predicted octanol–water partition coefficient (Wildman–Crippen LogP) is 4.10. The van der Waals surface area contributed by atoms with Crippen LogP contribution in [0.3, 0.4) is 0 Å². The number of esters is 1. The van der Waals surface area contributed by atoms with E-state index in [-0.39, 0.29) is 30.7 Å². The molecule has 0 aliphatic carbocycles. The molecular weight excluding hydrogens is 361 g/mol. The Balaban J connectivity index is 1.30. The molecule has 2 aromatic carbocycles. The molecule has 140 valence electrons. The number of aromatic nitrogens is 3. The summed E-state index contributed by atoms with van der Waals surface area (Å²) in [5.74, 6) is -0.235. The van der Waals surface area contributed by atoms with Crippen molar-refractivity contribution in [1.82, 2.24) is 15.1 Å². The van der Waals surface area contributed by atoms with Crippen LogP contribution in [0.15, 0.2) is 65.2 Å². The summed E-state index contributed by atoms with van der Waals surface area (Å²) in [6, 6.07) is 17.4. The third-order valence-corrected chi connectivity index (χ3v) is 4.17. The normalized spacial score (nSPS) is 10.9. The SMILES string of the molecule is O=C(CCc1ccc2ccccc2n1)OCc1nc(-c2ccc(F)cc2)no1. The smallest absolute Gasteiger partial charge is 0.306 e. The number of carbonyl (C=O) groups is 1. The summed E-state index contributed by atoms with van der Waals surface area (Å²) in [5, 5.41) is 4.86. The van der Waals surface area contributed by atoms with E-state index in [9.17, 15) is 9.18 Å². The molecule has 0 radical (unpaired) electrons. The predicted molar refractivity (Wildman–Crippen MR) is 99.6 cm³/mol. The topological polar surface area (TPSA) is 78.1 Å². The number of halogens is 1. The van der Waals surface area contributed by atoms with Gasteiger partial charge in [0.25, 0.3) is 5.89 Å². The maximum Gasteiger partial charge on any atom is 0.306 e. The molecule has 0 bridgehead atoms. The number of hydrogen-bond acceptors (Lipinski definition) is 6. The summed E-state index contributed by atoms with van der Waals surface area (Å²) in [4.78, 5) is 20.7. The van der Waals surface area contributed by atoms with E-state index in [2.05, 4.69) is 15.1 Å². The van der Waals surface area contributed by atoms with Crippen LogP contribution in [0.25, 0.3) is 22.3 Å². The van der Waals surface area contributed by atoms with Crippen LogP contribution in [-0.4, -0.2) is 21.1 Å². The standard InChI is InChI=1S/C21H16FN3O3/c22-16-8-5-15(6-9-16)21-24-19(28-25-21)13-27-20(26)12-11-17-10-7-14-3-1-2-4-18(14)23-17/h1-10H,11-13H2. The Kier molecular flexibility index (Phi) is 5.05. The van der Waals surface area contributed by atoms with E-state index in [0.717, 1.165) is 16.6 Å². The van der Waals surface area contributed by atoms with Crippen molar-refractivity contribution in [2.75, 3.05) is 0 Å². The quantitative estimate of drug-likeness (QED) is 0.471. The van der Waals surface area contributed by atoms with E-state index in [1.165, 1.54) is 12.1 Å². The Bertz CT molecular complexity index is 1110. The zero-order valence-electron chi connectivity index (χ0n) is 14.8. The summed E-state index contributed by atoms with van der Waals surface area (Å²) in [7, 11) is 0. The minimum Gasteiger partial charge on any atom is -0.456 e. The number of fused-ring (bicyclic) bond motifs is 1. The first kappa shape index (κ1) is 17.8. The molecule has 0 spiro atoms. The molecule has 0 saturated carbocycles. The van der Waals surface area contributed by atoms with E-state index < -0.39 is 0 Å². The number of pyridine rings is 1. The molecule has 2 aromatic heterocycles. The van der Waals surface area contributed by atoms with Crippen LogP contribution in [0, 0.1) is 5.82 Å². The van der Waals surface area contributed by atoms with E-state index in [0.29, 0.717) is 17.8 Å². The number of para-hydroxylation sites is 1. The van der Waals surface area contributed by atoms with Crippen molar-refractivity contribution in [3.05, 3.63) is 78.1 Å². The lowest BCUT2D eigenvalue weighted by molar-refractivity contribution is -0.145. The van der Waals surface area contributed by atoms with Gasteiger partial charge in [-0.1, -0.05) is 29.4 Å². The first-order valence-electron chi connectivity index (χ1n) is 8.76. The van der Waals surface area contributed by atoms with Gasteiger partial charge < -0.3 is 9.26 Å². The van der Waals surface area contributed by atoms with Crippen molar-refractivity contribution in [1.29, 1.82) is 0 Å². The molecule has 0 fully saturated rings. The Labute approximate surface area is 160 Å². The van der Waals surface area contributed by atoms with Crippen molar-refractivity contribution in [2.24, 2.45) is 0 Å².